The Kier molecular flexibility index (Phi) is 5.49. The third kappa shape index (κ3) is 4.27. The topological polar surface area (TPSA) is 58.2 Å². The third-order valence-corrected chi connectivity index (χ3v) is 4.73. The molecule has 0 spiro atoms. The van der Waals surface area contributed by atoms with Gasteiger partial charge in [-0.1, -0.05) is 42.5 Å². The second-order valence-electron chi connectivity index (χ2n) is 6.53. The number of rotatable bonds is 5. The second-order valence-corrected chi connectivity index (χ2v) is 6.53. The highest BCUT2D eigenvalue weighted by Crippen LogP contribution is 2.29. The summed E-state index contributed by atoms with van der Waals surface area (Å²) in [4.78, 5) is 24.4. The summed E-state index contributed by atoms with van der Waals surface area (Å²) in [6.45, 7) is 2.25. The molecule has 0 saturated heterocycles. The SMILES string of the molecule is Cc1ccccc1C(=O)NCCC(=O)NC1CCCc2ccccc21. The van der Waals surface area contributed by atoms with E-state index in [1.165, 1.54) is 11.1 Å². The van der Waals surface area contributed by atoms with E-state index in [1.807, 2.05) is 37.3 Å². The molecule has 0 heterocycles. The van der Waals surface area contributed by atoms with E-state index >= 15 is 0 Å². The van der Waals surface area contributed by atoms with E-state index in [2.05, 4.69) is 22.8 Å². The van der Waals surface area contributed by atoms with Crippen molar-refractivity contribution in [3.05, 3.63) is 70.8 Å². The minimum Gasteiger partial charge on any atom is -0.352 e. The Balaban J connectivity index is 1.49. The van der Waals surface area contributed by atoms with Gasteiger partial charge >= 0.3 is 0 Å². The third-order valence-electron chi connectivity index (χ3n) is 4.73. The van der Waals surface area contributed by atoms with Crippen LogP contribution in [-0.2, 0) is 11.2 Å². The highest BCUT2D eigenvalue weighted by Gasteiger charge is 2.21. The number of hydrogen-bond donors (Lipinski definition) is 2. The Morgan fingerprint density at radius 2 is 1.84 bits per heavy atom. The van der Waals surface area contributed by atoms with E-state index in [0.717, 1.165) is 24.8 Å². The first-order chi connectivity index (χ1) is 12.1. The number of carbonyl (C=O) groups excluding carboxylic acids is 2. The maximum atomic E-state index is 12.2. The minimum absolute atomic E-state index is 0.0215. The zero-order valence-corrected chi connectivity index (χ0v) is 14.5. The monoisotopic (exact) mass is 336 g/mol. The lowest BCUT2D eigenvalue weighted by Gasteiger charge is -2.26. The van der Waals surface area contributed by atoms with Crippen LogP contribution in [0.25, 0.3) is 0 Å². The fourth-order valence-electron chi connectivity index (χ4n) is 3.38. The summed E-state index contributed by atoms with van der Waals surface area (Å²) in [5.41, 5.74) is 4.14. The van der Waals surface area contributed by atoms with E-state index in [4.69, 9.17) is 0 Å². The van der Waals surface area contributed by atoms with Crippen LogP contribution in [0.3, 0.4) is 0 Å². The summed E-state index contributed by atoms with van der Waals surface area (Å²) in [5.74, 6) is -0.152. The van der Waals surface area contributed by atoms with Crippen molar-refractivity contribution < 1.29 is 9.59 Å². The van der Waals surface area contributed by atoms with Gasteiger partial charge in [0.25, 0.3) is 5.91 Å². The van der Waals surface area contributed by atoms with Gasteiger partial charge in [-0.2, -0.15) is 0 Å². The summed E-state index contributed by atoms with van der Waals surface area (Å²) in [6.07, 6.45) is 3.43. The molecular formula is C21H24N2O2. The van der Waals surface area contributed by atoms with Crippen LogP contribution < -0.4 is 10.6 Å². The summed E-state index contributed by atoms with van der Waals surface area (Å²) < 4.78 is 0. The highest BCUT2D eigenvalue weighted by atomic mass is 16.2. The van der Waals surface area contributed by atoms with Crippen molar-refractivity contribution >= 4 is 11.8 Å². The van der Waals surface area contributed by atoms with Gasteiger partial charge in [-0.05, 0) is 48.9 Å². The molecule has 1 atom stereocenters. The zero-order chi connectivity index (χ0) is 17.6. The maximum Gasteiger partial charge on any atom is 0.251 e. The van der Waals surface area contributed by atoms with Crippen LogP contribution in [0.15, 0.2) is 48.5 Å². The number of aryl methyl sites for hydroxylation is 2. The van der Waals surface area contributed by atoms with Crippen LogP contribution in [-0.4, -0.2) is 18.4 Å². The number of hydrogen-bond acceptors (Lipinski definition) is 2. The molecule has 4 nitrogen and oxygen atoms in total. The van der Waals surface area contributed by atoms with Gasteiger partial charge in [0.05, 0.1) is 6.04 Å². The summed E-state index contributed by atoms with van der Waals surface area (Å²) in [7, 11) is 0. The van der Waals surface area contributed by atoms with Crippen LogP contribution in [0.4, 0.5) is 0 Å². The average molecular weight is 336 g/mol. The molecule has 2 aromatic carbocycles. The zero-order valence-electron chi connectivity index (χ0n) is 14.5. The number of amides is 2. The van der Waals surface area contributed by atoms with Crippen molar-refractivity contribution in [2.45, 2.75) is 38.6 Å². The lowest BCUT2D eigenvalue weighted by atomic mass is 9.88. The Hall–Kier alpha value is -2.62. The van der Waals surface area contributed by atoms with Crippen molar-refractivity contribution in [3.8, 4) is 0 Å². The van der Waals surface area contributed by atoms with E-state index in [9.17, 15) is 9.59 Å². The van der Waals surface area contributed by atoms with Crippen molar-refractivity contribution in [2.75, 3.05) is 6.54 Å². The number of carbonyl (C=O) groups is 2. The normalized spacial score (nSPS) is 16.0. The lowest BCUT2D eigenvalue weighted by Crippen LogP contribution is -2.34. The fourth-order valence-corrected chi connectivity index (χ4v) is 3.38. The number of benzene rings is 2. The molecule has 25 heavy (non-hydrogen) atoms. The first kappa shape index (κ1) is 17.2. The first-order valence-electron chi connectivity index (χ1n) is 8.86. The van der Waals surface area contributed by atoms with Crippen LogP contribution in [0.2, 0.25) is 0 Å². The summed E-state index contributed by atoms with van der Waals surface area (Å²) >= 11 is 0. The molecule has 0 bridgehead atoms. The molecule has 1 unspecified atom stereocenters. The molecule has 2 N–H and O–H groups in total. The van der Waals surface area contributed by atoms with Gasteiger partial charge in [-0.25, -0.2) is 0 Å². The first-order valence-corrected chi connectivity index (χ1v) is 8.86. The second kappa shape index (κ2) is 7.97. The standard InChI is InChI=1S/C21H24N2O2/c1-15-7-2-4-10-17(15)21(25)22-14-13-20(24)23-19-12-6-9-16-8-3-5-11-18(16)19/h2-5,7-8,10-11,19H,6,9,12-14H2,1H3,(H,22,25)(H,23,24). The molecular weight excluding hydrogens is 312 g/mol. The Labute approximate surface area is 148 Å². The van der Waals surface area contributed by atoms with Gasteiger partial charge in [-0.3, -0.25) is 9.59 Å². The Morgan fingerprint density at radius 1 is 1.08 bits per heavy atom. The van der Waals surface area contributed by atoms with E-state index < -0.39 is 0 Å². The predicted molar refractivity (Wildman–Crippen MR) is 98.4 cm³/mol. The molecule has 2 amide bonds. The summed E-state index contributed by atoms with van der Waals surface area (Å²) in [5, 5.41) is 5.94. The number of fused-ring (bicyclic) bond motifs is 1. The molecule has 1 aliphatic rings. The van der Waals surface area contributed by atoms with Crippen LogP contribution in [0.5, 0.6) is 0 Å². The lowest BCUT2D eigenvalue weighted by molar-refractivity contribution is -0.121. The van der Waals surface area contributed by atoms with Gasteiger partial charge in [0, 0.05) is 18.5 Å². The molecule has 2 aromatic rings. The molecule has 0 aromatic heterocycles. The van der Waals surface area contributed by atoms with E-state index in [-0.39, 0.29) is 24.3 Å². The van der Waals surface area contributed by atoms with E-state index in [1.54, 1.807) is 6.07 Å². The minimum atomic E-state index is -0.131. The van der Waals surface area contributed by atoms with Gasteiger partial charge < -0.3 is 10.6 Å². The quantitative estimate of drug-likeness (QED) is 0.880. The maximum absolute atomic E-state index is 12.2. The summed E-state index contributed by atoms with van der Waals surface area (Å²) in [6, 6.07) is 15.8. The van der Waals surface area contributed by atoms with Crippen molar-refractivity contribution in [1.29, 1.82) is 0 Å². The van der Waals surface area contributed by atoms with E-state index in [0.29, 0.717) is 12.1 Å². The molecule has 130 valence electrons. The van der Waals surface area contributed by atoms with Crippen molar-refractivity contribution in [1.82, 2.24) is 10.6 Å². The molecule has 1 aliphatic carbocycles. The van der Waals surface area contributed by atoms with Crippen molar-refractivity contribution in [3.63, 3.8) is 0 Å². The Bertz CT molecular complexity index is 770. The number of nitrogens with one attached hydrogen (secondary N) is 2. The fraction of sp³-hybridized carbons (Fsp3) is 0.333. The van der Waals surface area contributed by atoms with Gasteiger partial charge in [0.15, 0.2) is 0 Å². The highest BCUT2D eigenvalue weighted by molar-refractivity contribution is 5.95. The molecule has 0 aliphatic heterocycles. The molecule has 0 fully saturated rings. The largest absolute Gasteiger partial charge is 0.352 e. The van der Waals surface area contributed by atoms with Crippen LogP contribution in [0.1, 0.15) is 52.4 Å². The van der Waals surface area contributed by atoms with Gasteiger partial charge in [0.2, 0.25) is 5.91 Å². The smallest absolute Gasteiger partial charge is 0.251 e. The average Bonchev–Trinajstić information content (AvgIpc) is 2.62. The molecule has 4 heteroatoms. The molecule has 3 rings (SSSR count). The van der Waals surface area contributed by atoms with Crippen LogP contribution >= 0.6 is 0 Å². The predicted octanol–water partition coefficient (Wildman–Crippen LogP) is 3.31. The molecule has 0 radical (unpaired) electrons. The van der Waals surface area contributed by atoms with Crippen LogP contribution in [0, 0.1) is 6.92 Å². The van der Waals surface area contributed by atoms with Gasteiger partial charge in [-0.15, -0.1) is 0 Å². The Morgan fingerprint density at radius 3 is 2.68 bits per heavy atom. The molecule has 0 saturated carbocycles. The van der Waals surface area contributed by atoms with Gasteiger partial charge in [0.1, 0.15) is 0 Å². The van der Waals surface area contributed by atoms with Crippen molar-refractivity contribution in [2.24, 2.45) is 0 Å².